The molecule has 0 bridgehead atoms. The molecule has 1 saturated carbocycles. The fraction of sp³-hybridized carbons (Fsp3) is 0.235. The average molecular weight is 501 g/mol. The molecule has 184 valence electrons. The molecule has 0 spiro atoms. The first kappa shape index (κ1) is 23.1. The van der Waals surface area contributed by atoms with Crippen molar-refractivity contribution in [2.24, 2.45) is 0 Å². The Morgan fingerprint density at radius 2 is 0.946 bits per heavy atom. The summed E-state index contributed by atoms with van der Waals surface area (Å²) in [5.41, 5.74) is 2.82. The van der Waals surface area contributed by atoms with Gasteiger partial charge in [0.1, 0.15) is 0 Å². The van der Waals surface area contributed by atoms with Crippen molar-refractivity contribution in [3.05, 3.63) is 126 Å². The molecule has 5 aromatic rings. The van der Waals surface area contributed by atoms with Crippen LogP contribution in [-0.2, 0) is 0 Å². The van der Waals surface area contributed by atoms with E-state index in [2.05, 4.69) is 126 Å². The predicted molar refractivity (Wildman–Crippen MR) is 159 cm³/mol. The third-order valence-corrected chi connectivity index (χ3v) is 11.2. The van der Waals surface area contributed by atoms with E-state index in [4.69, 9.17) is 0 Å². The molecule has 2 N–H and O–H groups in total. The molecule has 0 amide bonds. The molecule has 2 aliphatic rings. The van der Waals surface area contributed by atoms with Gasteiger partial charge in [-0.15, -0.1) is 0 Å². The summed E-state index contributed by atoms with van der Waals surface area (Å²) in [5.74, 6) is 0.554. The molecule has 4 atom stereocenters. The van der Waals surface area contributed by atoms with E-state index in [1.807, 2.05) is 0 Å². The van der Waals surface area contributed by atoms with Gasteiger partial charge in [-0.3, -0.25) is 0 Å². The summed E-state index contributed by atoms with van der Waals surface area (Å²) in [6, 6.07) is 44.0. The maximum absolute atomic E-state index is 4.25. The smallest absolute Gasteiger partial charge is 0.0585 e. The third-order valence-electron chi connectivity index (χ3n) is 8.30. The third kappa shape index (κ3) is 4.48. The van der Waals surface area contributed by atoms with Crippen molar-refractivity contribution in [2.75, 3.05) is 0 Å². The Balaban J connectivity index is 1.42. The summed E-state index contributed by atoms with van der Waals surface area (Å²) in [4.78, 5) is 0. The number of benzene rings is 5. The Kier molecular flexibility index (Phi) is 6.26. The molecule has 1 saturated heterocycles. The van der Waals surface area contributed by atoms with Crippen LogP contribution < -0.4 is 15.9 Å². The topological polar surface area (TPSA) is 24.1 Å². The molecule has 2 nitrogen and oxygen atoms in total. The van der Waals surface area contributed by atoms with Crippen LogP contribution in [0.25, 0.3) is 21.5 Å². The zero-order valence-electron chi connectivity index (χ0n) is 21.1. The number of hydrogen-bond donors (Lipinski definition) is 2. The highest BCUT2D eigenvalue weighted by atomic mass is 31.1. The van der Waals surface area contributed by atoms with E-state index < -0.39 is 7.92 Å². The lowest BCUT2D eigenvalue weighted by atomic mass is 9.90. The minimum atomic E-state index is -0.643. The molecule has 1 aliphatic carbocycles. The molecule has 4 unspecified atom stereocenters. The quantitative estimate of drug-likeness (QED) is 0.245. The van der Waals surface area contributed by atoms with E-state index in [9.17, 15) is 0 Å². The summed E-state index contributed by atoms with van der Waals surface area (Å²) >= 11 is 0. The van der Waals surface area contributed by atoms with Crippen molar-refractivity contribution in [1.82, 2.24) is 10.6 Å². The second kappa shape index (κ2) is 10.0. The van der Waals surface area contributed by atoms with Gasteiger partial charge in [0.05, 0.1) is 11.6 Å². The number of nitrogens with one attached hydrogen (secondary N) is 2. The first-order valence-corrected chi connectivity index (χ1v) is 15.1. The van der Waals surface area contributed by atoms with Crippen LogP contribution in [0.1, 0.15) is 48.4 Å². The van der Waals surface area contributed by atoms with Crippen LogP contribution in [0.3, 0.4) is 0 Å². The monoisotopic (exact) mass is 500 g/mol. The molecule has 1 aliphatic heterocycles. The molecular formula is C34H33N2P. The fourth-order valence-electron chi connectivity index (χ4n) is 6.41. The van der Waals surface area contributed by atoms with Crippen LogP contribution in [-0.4, -0.2) is 12.1 Å². The predicted octanol–water partition coefficient (Wildman–Crippen LogP) is 8.00. The maximum Gasteiger partial charge on any atom is 0.0585 e. The first-order valence-electron chi connectivity index (χ1n) is 13.7. The average Bonchev–Trinajstić information content (AvgIpc) is 3.14. The van der Waals surface area contributed by atoms with E-state index in [0.29, 0.717) is 12.1 Å². The first-order chi connectivity index (χ1) is 18.3. The van der Waals surface area contributed by atoms with Gasteiger partial charge < -0.3 is 10.6 Å². The van der Waals surface area contributed by atoms with E-state index in [-0.39, 0.29) is 11.6 Å². The largest absolute Gasteiger partial charge is 0.302 e. The van der Waals surface area contributed by atoms with Crippen molar-refractivity contribution in [3.63, 3.8) is 0 Å². The fourth-order valence-corrected chi connectivity index (χ4v) is 9.49. The van der Waals surface area contributed by atoms with Crippen LogP contribution in [0.5, 0.6) is 0 Å². The Hall–Kier alpha value is -3.03. The zero-order chi connectivity index (χ0) is 24.6. The van der Waals surface area contributed by atoms with Gasteiger partial charge in [-0.25, -0.2) is 0 Å². The standard InChI is InChI=1S/C34H33N2P/c1-2-14-30(15-3-1)37-33(28-20-18-24-10-4-6-12-26(24)22-28)35-31-16-8-9-17-32(31)36-34(37)29-21-19-25-11-5-7-13-27(25)23-29/h1-7,10-15,18-23,31-36H,8-9,16-17H2. The number of fused-ring (bicyclic) bond motifs is 3. The van der Waals surface area contributed by atoms with Crippen LogP contribution in [0.4, 0.5) is 0 Å². The van der Waals surface area contributed by atoms with Gasteiger partial charge >= 0.3 is 0 Å². The molecule has 0 aromatic heterocycles. The van der Waals surface area contributed by atoms with Crippen molar-refractivity contribution in [3.8, 4) is 0 Å². The Morgan fingerprint density at radius 1 is 0.486 bits per heavy atom. The van der Waals surface area contributed by atoms with Gasteiger partial charge in [0, 0.05) is 12.1 Å². The Labute approximate surface area is 220 Å². The summed E-state index contributed by atoms with van der Waals surface area (Å²) in [5, 5.41) is 15.2. The lowest BCUT2D eigenvalue weighted by Crippen LogP contribution is -2.48. The number of hydrogen-bond acceptors (Lipinski definition) is 2. The van der Waals surface area contributed by atoms with E-state index in [1.165, 1.54) is 63.7 Å². The Morgan fingerprint density at radius 3 is 1.46 bits per heavy atom. The molecule has 37 heavy (non-hydrogen) atoms. The van der Waals surface area contributed by atoms with Crippen molar-refractivity contribution in [1.29, 1.82) is 0 Å². The molecule has 1 heterocycles. The van der Waals surface area contributed by atoms with E-state index in [0.717, 1.165) is 0 Å². The molecular weight excluding hydrogens is 467 g/mol. The van der Waals surface area contributed by atoms with E-state index in [1.54, 1.807) is 0 Å². The normalized spacial score (nSPS) is 26.0. The summed E-state index contributed by atoms with van der Waals surface area (Å²) in [6.07, 6.45) is 5.10. The maximum atomic E-state index is 4.25. The second-order valence-corrected chi connectivity index (χ2v) is 13.0. The lowest BCUT2D eigenvalue weighted by Gasteiger charge is -2.34. The Bertz CT molecular complexity index is 1430. The van der Waals surface area contributed by atoms with E-state index >= 15 is 0 Å². The minimum absolute atomic E-state index is 0.277. The number of rotatable bonds is 3. The van der Waals surface area contributed by atoms with Crippen LogP contribution in [0.2, 0.25) is 0 Å². The van der Waals surface area contributed by atoms with Gasteiger partial charge in [0.2, 0.25) is 0 Å². The van der Waals surface area contributed by atoms with Gasteiger partial charge in [0.15, 0.2) is 0 Å². The zero-order valence-corrected chi connectivity index (χ0v) is 21.9. The highest BCUT2D eigenvalue weighted by molar-refractivity contribution is 7.66. The molecule has 2 fully saturated rings. The highest BCUT2D eigenvalue weighted by Gasteiger charge is 2.41. The van der Waals surface area contributed by atoms with Gasteiger partial charge in [-0.2, -0.15) is 0 Å². The molecule has 5 aromatic carbocycles. The van der Waals surface area contributed by atoms with Crippen LogP contribution in [0.15, 0.2) is 115 Å². The van der Waals surface area contributed by atoms with Crippen LogP contribution in [0, 0.1) is 0 Å². The van der Waals surface area contributed by atoms with Crippen LogP contribution >= 0.6 is 7.92 Å². The SMILES string of the molecule is c1ccc(P2C(c3ccc4ccccc4c3)NC3CCCCC3NC2c2ccc3ccccc3c2)cc1. The lowest BCUT2D eigenvalue weighted by molar-refractivity contribution is 0.287. The van der Waals surface area contributed by atoms with Crippen molar-refractivity contribution >= 4 is 34.8 Å². The summed E-state index contributed by atoms with van der Waals surface area (Å²) < 4.78 is 0. The molecule has 0 radical (unpaired) electrons. The van der Waals surface area contributed by atoms with Gasteiger partial charge in [-0.1, -0.05) is 116 Å². The van der Waals surface area contributed by atoms with Gasteiger partial charge in [-0.05, 0) is 70.9 Å². The minimum Gasteiger partial charge on any atom is -0.302 e. The summed E-state index contributed by atoms with van der Waals surface area (Å²) in [7, 11) is -0.643. The highest BCUT2D eigenvalue weighted by Crippen LogP contribution is 2.60. The van der Waals surface area contributed by atoms with Gasteiger partial charge in [0.25, 0.3) is 0 Å². The molecule has 7 rings (SSSR count). The van der Waals surface area contributed by atoms with Crippen molar-refractivity contribution in [2.45, 2.75) is 49.3 Å². The second-order valence-electron chi connectivity index (χ2n) is 10.6. The van der Waals surface area contributed by atoms with Crippen molar-refractivity contribution < 1.29 is 0 Å². The summed E-state index contributed by atoms with van der Waals surface area (Å²) in [6.45, 7) is 0. The molecule has 3 heteroatoms.